The predicted octanol–water partition coefficient (Wildman–Crippen LogP) is 4.84. The number of hydrogen-bond acceptors (Lipinski definition) is 3. The van der Waals surface area contributed by atoms with Gasteiger partial charge in [0.15, 0.2) is 0 Å². The van der Waals surface area contributed by atoms with Gasteiger partial charge in [-0.05, 0) is 57.2 Å². The van der Waals surface area contributed by atoms with Crippen molar-refractivity contribution >= 4 is 24.8 Å². The van der Waals surface area contributed by atoms with E-state index < -0.39 is 0 Å². The molecule has 0 bridgehead atoms. The van der Waals surface area contributed by atoms with Crippen LogP contribution in [0.2, 0.25) is 0 Å². The molecule has 0 spiro atoms. The molecule has 1 saturated carbocycles. The van der Waals surface area contributed by atoms with Crippen molar-refractivity contribution < 1.29 is 4.74 Å². The van der Waals surface area contributed by atoms with Gasteiger partial charge in [0, 0.05) is 32.2 Å². The van der Waals surface area contributed by atoms with Gasteiger partial charge in [-0.1, -0.05) is 25.0 Å². The van der Waals surface area contributed by atoms with Gasteiger partial charge in [-0.2, -0.15) is 0 Å². The van der Waals surface area contributed by atoms with Crippen molar-refractivity contribution in [1.29, 1.82) is 0 Å². The number of nitrogens with zero attached hydrogens (tertiary/aromatic N) is 1. The van der Waals surface area contributed by atoms with Crippen molar-refractivity contribution in [2.75, 3.05) is 26.2 Å². The van der Waals surface area contributed by atoms with Gasteiger partial charge in [0.1, 0.15) is 11.4 Å². The Labute approximate surface area is 165 Å². The Balaban J connectivity index is 0.00000156. The molecule has 1 saturated heterocycles. The van der Waals surface area contributed by atoms with E-state index in [1.54, 1.807) is 0 Å². The van der Waals surface area contributed by atoms with Crippen LogP contribution in [-0.4, -0.2) is 36.7 Å². The van der Waals surface area contributed by atoms with Gasteiger partial charge in [0.05, 0.1) is 0 Å². The van der Waals surface area contributed by atoms with Crippen LogP contribution in [0, 0.1) is 5.92 Å². The molecule has 1 aliphatic carbocycles. The molecule has 25 heavy (non-hydrogen) atoms. The summed E-state index contributed by atoms with van der Waals surface area (Å²) in [5.41, 5.74) is 1.34. The first-order valence-corrected chi connectivity index (χ1v) is 9.27. The van der Waals surface area contributed by atoms with Crippen LogP contribution in [0.4, 0.5) is 0 Å². The minimum Gasteiger partial charge on any atom is -0.488 e. The molecular weight excluding hydrogens is 355 g/mol. The quantitative estimate of drug-likeness (QED) is 0.797. The maximum atomic E-state index is 5.98. The second-order valence-corrected chi connectivity index (χ2v) is 8.06. The highest BCUT2D eigenvalue weighted by Gasteiger charge is 2.31. The Morgan fingerprint density at radius 3 is 2.08 bits per heavy atom. The van der Waals surface area contributed by atoms with E-state index in [1.165, 1.54) is 44.3 Å². The average molecular weight is 389 g/mol. The van der Waals surface area contributed by atoms with E-state index >= 15 is 0 Å². The Morgan fingerprint density at radius 1 is 1.00 bits per heavy atom. The number of piperazine rings is 1. The summed E-state index contributed by atoms with van der Waals surface area (Å²) in [5, 5.41) is 3.48. The number of nitrogens with one attached hydrogen (secondary N) is 1. The van der Waals surface area contributed by atoms with Gasteiger partial charge in [-0.25, -0.2) is 0 Å². The lowest BCUT2D eigenvalue weighted by atomic mass is 9.89. The second kappa shape index (κ2) is 10.0. The van der Waals surface area contributed by atoms with Crippen LogP contribution < -0.4 is 10.1 Å². The average Bonchev–Trinajstić information content (AvgIpc) is 3.03. The van der Waals surface area contributed by atoms with Crippen molar-refractivity contribution in [3.63, 3.8) is 0 Å². The fourth-order valence-corrected chi connectivity index (χ4v) is 4.10. The summed E-state index contributed by atoms with van der Waals surface area (Å²) >= 11 is 0. The van der Waals surface area contributed by atoms with Gasteiger partial charge in [-0.3, -0.25) is 4.90 Å². The molecule has 1 aromatic rings. The standard InChI is InChI=1S/C20H32N2O.2ClH/c1-20(2,3)23-18-10-8-17(9-11-18)19(16-6-4-5-7-16)22-14-12-21-13-15-22;;/h8-11,16,19,21H,4-7,12-15H2,1-3H3;2*1H/t19-;;/m1../s1. The number of rotatable bonds is 4. The lowest BCUT2D eigenvalue weighted by Gasteiger charge is -2.38. The molecule has 5 heteroatoms. The summed E-state index contributed by atoms with van der Waals surface area (Å²) in [5.74, 6) is 1.80. The van der Waals surface area contributed by atoms with E-state index in [0.717, 1.165) is 24.8 Å². The first kappa shape index (κ1) is 22.6. The van der Waals surface area contributed by atoms with E-state index in [0.29, 0.717) is 6.04 Å². The minimum atomic E-state index is -0.134. The van der Waals surface area contributed by atoms with E-state index in [1.807, 2.05) is 0 Å². The summed E-state index contributed by atoms with van der Waals surface area (Å²) in [7, 11) is 0. The van der Waals surface area contributed by atoms with Crippen molar-refractivity contribution in [1.82, 2.24) is 10.2 Å². The molecule has 2 fully saturated rings. The molecule has 0 radical (unpaired) electrons. The third kappa shape index (κ3) is 6.32. The summed E-state index contributed by atoms with van der Waals surface area (Å²) in [6.07, 6.45) is 5.57. The smallest absolute Gasteiger partial charge is 0.120 e. The van der Waals surface area contributed by atoms with Crippen molar-refractivity contribution in [2.45, 2.75) is 58.1 Å². The maximum Gasteiger partial charge on any atom is 0.120 e. The predicted molar refractivity (Wildman–Crippen MR) is 110 cm³/mol. The molecule has 3 rings (SSSR count). The van der Waals surface area contributed by atoms with Gasteiger partial charge in [0.2, 0.25) is 0 Å². The van der Waals surface area contributed by atoms with Crippen molar-refractivity contribution in [3.05, 3.63) is 29.8 Å². The maximum absolute atomic E-state index is 5.98. The zero-order chi connectivity index (χ0) is 16.3. The SMILES string of the molecule is CC(C)(C)Oc1ccc([C@@H](C2CCCC2)N2CCNCC2)cc1.Cl.Cl. The molecule has 1 aliphatic heterocycles. The molecule has 1 aromatic carbocycles. The molecule has 144 valence electrons. The highest BCUT2D eigenvalue weighted by atomic mass is 35.5. The summed E-state index contributed by atoms with van der Waals surface area (Å²) in [6.45, 7) is 10.9. The van der Waals surface area contributed by atoms with E-state index in [-0.39, 0.29) is 30.4 Å². The minimum absolute atomic E-state index is 0. The normalized spacial score (nSPS) is 20.4. The summed E-state index contributed by atoms with van der Waals surface area (Å²) in [4.78, 5) is 2.70. The van der Waals surface area contributed by atoms with Gasteiger partial charge in [0.25, 0.3) is 0 Å². The summed E-state index contributed by atoms with van der Waals surface area (Å²) in [6, 6.07) is 9.50. The highest BCUT2D eigenvalue weighted by molar-refractivity contribution is 5.85. The third-order valence-electron chi connectivity index (χ3n) is 5.04. The molecule has 3 nitrogen and oxygen atoms in total. The molecule has 1 atom stereocenters. The zero-order valence-electron chi connectivity index (χ0n) is 15.8. The zero-order valence-corrected chi connectivity index (χ0v) is 17.4. The van der Waals surface area contributed by atoms with Gasteiger partial charge < -0.3 is 10.1 Å². The lowest BCUT2D eigenvalue weighted by molar-refractivity contribution is 0.124. The Bertz CT molecular complexity index is 489. The van der Waals surface area contributed by atoms with Crippen LogP contribution in [0.5, 0.6) is 5.75 Å². The number of halogens is 2. The fraction of sp³-hybridized carbons (Fsp3) is 0.700. The second-order valence-electron chi connectivity index (χ2n) is 8.06. The van der Waals surface area contributed by atoms with Gasteiger partial charge >= 0.3 is 0 Å². The van der Waals surface area contributed by atoms with Crippen LogP contribution in [0.25, 0.3) is 0 Å². The van der Waals surface area contributed by atoms with E-state index in [9.17, 15) is 0 Å². The lowest BCUT2D eigenvalue weighted by Crippen LogP contribution is -2.46. The first-order valence-electron chi connectivity index (χ1n) is 9.27. The van der Waals surface area contributed by atoms with E-state index in [4.69, 9.17) is 4.74 Å². The molecule has 1 N–H and O–H groups in total. The third-order valence-corrected chi connectivity index (χ3v) is 5.04. The van der Waals surface area contributed by atoms with Crippen LogP contribution in [-0.2, 0) is 0 Å². The molecule has 2 aliphatic rings. The first-order chi connectivity index (χ1) is 11.0. The molecule has 0 unspecified atom stereocenters. The number of hydrogen-bond donors (Lipinski definition) is 1. The largest absolute Gasteiger partial charge is 0.488 e. The molecule has 1 heterocycles. The Hall–Kier alpha value is -0.480. The van der Waals surface area contributed by atoms with Crippen molar-refractivity contribution in [3.8, 4) is 5.75 Å². The number of benzene rings is 1. The monoisotopic (exact) mass is 388 g/mol. The van der Waals surface area contributed by atoms with Crippen LogP contribution in [0.3, 0.4) is 0 Å². The summed E-state index contributed by atoms with van der Waals surface area (Å²) < 4.78 is 5.98. The van der Waals surface area contributed by atoms with E-state index in [2.05, 4.69) is 55.3 Å². The molecule has 0 amide bonds. The topological polar surface area (TPSA) is 24.5 Å². The van der Waals surface area contributed by atoms with Crippen LogP contribution >= 0.6 is 24.8 Å². The highest BCUT2D eigenvalue weighted by Crippen LogP contribution is 2.40. The van der Waals surface area contributed by atoms with Crippen molar-refractivity contribution in [2.24, 2.45) is 5.92 Å². The van der Waals surface area contributed by atoms with Crippen LogP contribution in [0.15, 0.2) is 24.3 Å². The Kier molecular flexibility index (Phi) is 9.03. The molecular formula is C20H34Cl2N2O. The van der Waals surface area contributed by atoms with Gasteiger partial charge in [-0.15, -0.1) is 24.8 Å². The Morgan fingerprint density at radius 2 is 1.56 bits per heavy atom. The molecule has 0 aromatic heterocycles. The number of ether oxygens (including phenoxy) is 1. The fourth-order valence-electron chi connectivity index (χ4n) is 4.10. The van der Waals surface area contributed by atoms with Crippen LogP contribution in [0.1, 0.15) is 58.1 Å².